The molecule has 2 aromatic rings. The number of anilines is 3. The molecule has 3 nitrogen and oxygen atoms in total. The highest BCUT2D eigenvalue weighted by Gasteiger charge is 2.00. The van der Waals surface area contributed by atoms with Crippen molar-refractivity contribution in [2.24, 2.45) is 0 Å². The van der Waals surface area contributed by atoms with Gasteiger partial charge in [0.05, 0.1) is 0 Å². The van der Waals surface area contributed by atoms with E-state index in [-0.39, 0.29) is 5.82 Å². The van der Waals surface area contributed by atoms with Crippen molar-refractivity contribution in [2.45, 2.75) is 6.92 Å². The van der Waals surface area contributed by atoms with E-state index in [2.05, 4.69) is 10.3 Å². The summed E-state index contributed by atoms with van der Waals surface area (Å²) in [6.07, 6.45) is 0. The van der Waals surface area contributed by atoms with Gasteiger partial charge in [-0.25, -0.2) is 9.37 Å². The number of aromatic nitrogens is 1. The molecule has 4 heteroatoms. The zero-order valence-corrected chi connectivity index (χ0v) is 8.87. The van der Waals surface area contributed by atoms with Crippen molar-refractivity contribution in [1.29, 1.82) is 0 Å². The summed E-state index contributed by atoms with van der Waals surface area (Å²) in [5.41, 5.74) is 6.94. The SMILES string of the molecule is Cc1cc(Nc2cccc(N)n2)ccc1F. The maximum atomic E-state index is 13.0. The molecule has 1 heterocycles. The third kappa shape index (κ3) is 2.28. The number of rotatable bonds is 2. The van der Waals surface area contributed by atoms with Crippen molar-refractivity contribution in [3.8, 4) is 0 Å². The van der Waals surface area contributed by atoms with Crippen LogP contribution in [0, 0.1) is 12.7 Å². The number of benzene rings is 1. The molecular formula is C12H12FN3. The predicted molar refractivity (Wildman–Crippen MR) is 63.1 cm³/mol. The van der Waals surface area contributed by atoms with Gasteiger partial charge in [0, 0.05) is 5.69 Å². The average Bonchev–Trinajstić information content (AvgIpc) is 2.24. The molecule has 0 unspecified atom stereocenters. The monoisotopic (exact) mass is 217 g/mol. The van der Waals surface area contributed by atoms with Crippen LogP contribution in [0.15, 0.2) is 36.4 Å². The fourth-order valence-corrected chi connectivity index (χ4v) is 1.39. The number of hydrogen-bond acceptors (Lipinski definition) is 3. The maximum Gasteiger partial charge on any atom is 0.132 e. The van der Waals surface area contributed by atoms with Gasteiger partial charge in [-0.2, -0.15) is 0 Å². The largest absolute Gasteiger partial charge is 0.384 e. The molecule has 0 saturated heterocycles. The highest BCUT2D eigenvalue weighted by Crippen LogP contribution is 2.18. The Morgan fingerprint density at radius 3 is 2.75 bits per heavy atom. The van der Waals surface area contributed by atoms with E-state index in [0.29, 0.717) is 17.2 Å². The van der Waals surface area contributed by atoms with Gasteiger partial charge in [0.15, 0.2) is 0 Å². The molecule has 0 amide bonds. The minimum atomic E-state index is -0.217. The average molecular weight is 217 g/mol. The summed E-state index contributed by atoms with van der Waals surface area (Å²) in [7, 11) is 0. The lowest BCUT2D eigenvalue weighted by Gasteiger charge is -2.07. The van der Waals surface area contributed by atoms with Crippen molar-refractivity contribution >= 4 is 17.3 Å². The minimum Gasteiger partial charge on any atom is -0.384 e. The summed E-state index contributed by atoms with van der Waals surface area (Å²) in [5, 5.41) is 3.06. The van der Waals surface area contributed by atoms with Crippen LogP contribution < -0.4 is 11.1 Å². The van der Waals surface area contributed by atoms with E-state index in [1.165, 1.54) is 6.07 Å². The van der Waals surface area contributed by atoms with Crippen LogP contribution >= 0.6 is 0 Å². The standard InChI is InChI=1S/C12H12FN3/c1-8-7-9(5-6-10(8)13)15-12-4-2-3-11(14)16-12/h2-7H,1H3,(H3,14,15,16). The Labute approximate surface area is 93.1 Å². The lowest BCUT2D eigenvalue weighted by Crippen LogP contribution is -1.97. The molecule has 0 radical (unpaired) electrons. The van der Waals surface area contributed by atoms with E-state index < -0.39 is 0 Å². The number of nitrogens with one attached hydrogen (secondary N) is 1. The molecule has 3 N–H and O–H groups in total. The maximum absolute atomic E-state index is 13.0. The Hall–Kier alpha value is -2.10. The van der Waals surface area contributed by atoms with Crippen LogP contribution in [0.2, 0.25) is 0 Å². The number of hydrogen-bond donors (Lipinski definition) is 2. The van der Waals surface area contributed by atoms with Gasteiger partial charge >= 0.3 is 0 Å². The second-order valence-electron chi connectivity index (χ2n) is 3.54. The predicted octanol–water partition coefficient (Wildman–Crippen LogP) is 2.85. The first-order valence-electron chi connectivity index (χ1n) is 4.91. The molecule has 0 spiro atoms. The van der Waals surface area contributed by atoms with E-state index in [1.807, 2.05) is 0 Å². The van der Waals surface area contributed by atoms with Gasteiger partial charge in [-0.3, -0.25) is 0 Å². The van der Waals surface area contributed by atoms with Gasteiger partial charge in [-0.05, 0) is 42.8 Å². The fraction of sp³-hybridized carbons (Fsp3) is 0.0833. The van der Waals surface area contributed by atoms with Gasteiger partial charge in [-0.1, -0.05) is 6.07 Å². The molecule has 0 aliphatic rings. The Morgan fingerprint density at radius 1 is 1.25 bits per heavy atom. The zero-order chi connectivity index (χ0) is 11.5. The first kappa shape index (κ1) is 10.4. The molecule has 1 aromatic heterocycles. The van der Waals surface area contributed by atoms with Crippen LogP contribution in [0.5, 0.6) is 0 Å². The molecule has 16 heavy (non-hydrogen) atoms. The molecule has 0 aliphatic carbocycles. The van der Waals surface area contributed by atoms with Crippen LogP contribution in [0.25, 0.3) is 0 Å². The van der Waals surface area contributed by atoms with Crippen LogP contribution in [-0.2, 0) is 0 Å². The lowest BCUT2D eigenvalue weighted by molar-refractivity contribution is 0.619. The lowest BCUT2D eigenvalue weighted by atomic mass is 10.2. The minimum absolute atomic E-state index is 0.217. The number of aryl methyl sites for hydroxylation is 1. The van der Waals surface area contributed by atoms with Crippen molar-refractivity contribution in [1.82, 2.24) is 4.98 Å². The van der Waals surface area contributed by atoms with Gasteiger partial charge < -0.3 is 11.1 Å². The Morgan fingerprint density at radius 2 is 2.06 bits per heavy atom. The van der Waals surface area contributed by atoms with Gasteiger partial charge in [-0.15, -0.1) is 0 Å². The highest BCUT2D eigenvalue weighted by atomic mass is 19.1. The van der Waals surface area contributed by atoms with E-state index in [0.717, 1.165) is 5.69 Å². The molecule has 0 aliphatic heterocycles. The Bertz CT molecular complexity index is 511. The highest BCUT2D eigenvalue weighted by molar-refractivity contribution is 5.58. The van der Waals surface area contributed by atoms with E-state index in [1.54, 1.807) is 37.3 Å². The number of nitrogen functional groups attached to an aromatic ring is 1. The van der Waals surface area contributed by atoms with Crippen LogP contribution in [-0.4, -0.2) is 4.98 Å². The zero-order valence-electron chi connectivity index (χ0n) is 8.87. The summed E-state index contributed by atoms with van der Waals surface area (Å²) in [6.45, 7) is 1.72. The third-order valence-electron chi connectivity index (χ3n) is 2.20. The van der Waals surface area contributed by atoms with Crippen molar-refractivity contribution in [3.05, 3.63) is 47.8 Å². The second-order valence-corrected chi connectivity index (χ2v) is 3.54. The molecular weight excluding hydrogens is 205 g/mol. The fourth-order valence-electron chi connectivity index (χ4n) is 1.39. The van der Waals surface area contributed by atoms with E-state index in [9.17, 15) is 4.39 Å². The van der Waals surface area contributed by atoms with E-state index >= 15 is 0 Å². The summed E-state index contributed by atoms with van der Waals surface area (Å²) >= 11 is 0. The van der Waals surface area contributed by atoms with Crippen molar-refractivity contribution in [3.63, 3.8) is 0 Å². The number of nitrogens with zero attached hydrogens (tertiary/aromatic N) is 1. The number of halogens is 1. The molecule has 0 bridgehead atoms. The third-order valence-corrected chi connectivity index (χ3v) is 2.20. The number of pyridine rings is 1. The van der Waals surface area contributed by atoms with Gasteiger partial charge in [0.25, 0.3) is 0 Å². The van der Waals surface area contributed by atoms with Crippen molar-refractivity contribution in [2.75, 3.05) is 11.1 Å². The van der Waals surface area contributed by atoms with Gasteiger partial charge in [0.1, 0.15) is 17.5 Å². The normalized spacial score (nSPS) is 10.1. The molecule has 0 saturated carbocycles. The Kier molecular flexibility index (Phi) is 2.72. The van der Waals surface area contributed by atoms with Crippen molar-refractivity contribution < 1.29 is 4.39 Å². The number of nitrogens with two attached hydrogens (primary N) is 1. The summed E-state index contributed by atoms with van der Waals surface area (Å²) < 4.78 is 13.0. The molecule has 1 aromatic carbocycles. The molecule has 0 fully saturated rings. The topological polar surface area (TPSA) is 50.9 Å². The van der Waals surface area contributed by atoms with Crippen LogP contribution in [0.4, 0.5) is 21.7 Å². The van der Waals surface area contributed by atoms with E-state index in [4.69, 9.17) is 5.73 Å². The quantitative estimate of drug-likeness (QED) is 0.813. The first-order valence-corrected chi connectivity index (χ1v) is 4.91. The summed E-state index contributed by atoms with van der Waals surface area (Å²) in [6, 6.07) is 10.1. The second kappa shape index (κ2) is 4.18. The Balaban J connectivity index is 2.24. The first-order chi connectivity index (χ1) is 7.65. The van der Waals surface area contributed by atoms with Crippen LogP contribution in [0.1, 0.15) is 5.56 Å². The molecule has 2 rings (SSSR count). The summed E-state index contributed by atoms with van der Waals surface area (Å²) in [5.74, 6) is 0.876. The molecule has 0 atom stereocenters. The van der Waals surface area contributed by atoms with Crippen LogP contribution in [0.3, 0.4) is 0 Å². The molecule has 82 valence electrons. The smallest absolute Gasteiger partial charge is 0.132 e. The summed E-state index contributed by atoms with van der Waals surface area (Å²) in [4.78, 5) is 4.09. The van der Waals surface area contributed by atoms with Gasteiger partial charge in [0.2, 0.25) is 0 Å².